The highest BCUT2D eigenvalue weighted by Gasteiger charge is 2.07. The van der Waals surface area contributed by atoms with Crippen molar-refractivity contribution in [2.24, 2.45) is 0 Å². The molecule has 2 aromatic rings. The Morgan fingerprint density at radius 2 is 1.52 bits per heavy atom. The van der Waals surface area contributed by atoms with E-state index < -0.39 is 0 Å². The van der Waals surface area contributed by atoms with Gasteiger partial charge in [0.1, 0.15) is 0 Å². The average molecular weight is 311 g/mol. The van der Waals surface area contributed by atoms with Gasteiger partial charge < -0.3 is 16.0 Å². The van der Waals surface area contributed by atoms with Crippen LogP contribution in [0.3, 0.4) is 0 Å². The molecule has 0 aliphatic carbocycles. The fourth-order valence-corrected chi connectivity index (χ4v) is 2.29. The number of anilines is 3. The van der Waals surface area contributed by atoms with Gasteiger partial charge in [0.05, 0.1) is 6.54 Å². The summed E-state index contributed by atoms with van der Waals surface area (Å²) < 4.78 is 0. The van der Waals surface area contributed by atoms with Gasteiger partial charge in [-0.1, -0.05) is 24.3 Å². The maximum atomic E-state index is 12.1. The summed E-state index contributed by atoms with van der Waals surface area (Å²) in [4.78, 5) is 23.2. The van der Waals surface area contributed by atoms with E-state index in [-0.39, 0.29) is 18.4 Å². The van der Waals surface area contributed by atoms with Gasteiger partial charge in [-0.3, -0.25) is 9.59 Å². The van der Waals surface area contributed by atoms with E-state index in [2.05, 4.69) is 16.0 Å². The van der Waals surface area contributed by atoms with Crippen LogP contribution >= 0.6 is 0 Å². The number of hydrogen-bond donors (Lipinski definition) is 3. The first-order valence-electron chi connectivity index (χ1n) is 7.43. The second-order valence-electron chi connectivity index (χ2n) is 5.43. The van der Waals surface area contributed by atoms with Gasteiger partial charge in [0.2, 0.25) is 11.8 Å². The molecule has 5 nitrogen and oxygen atoms in total. The van der Waals surface area contributed by atoms with Crippen LogP contribution in [0, 0.1) is 13.8 Å². The maximum absolute atomic E-state index is 12.1. The Morgan fingerprint density at radius 3 is 2.17 bits per heavy atom. The standard InChI is InChI=1S/C18H21N3O2/c1-12-6-4-7-13(2)18(12)21-17(23)11-19-15-8-5-9-16(10-15)20-14(3)22/h4-10,19H,11H2,1-3H3,(H,20,22)(H,21,23). The molecule has 0 radical (unpaired) electrons. The maximum Gasteiger partial charge on any atom is 0.243 e. The summed E-state index contributed by atoms with van der Waals surface area (Å²) in [5, 5.41) is 8.69. The number of para-hydroxylation sites is 1. The SMILES string of the molecule is CC(=O)Nc1cccc(NCC(=O)Nc2c(C)cccc2C)c1. The van der Waals surface area contributed by atoms with Crippen molar-refractivity contribution in [1.82, 2.24) is 0 Å². The third kappa shape index (κ3) is 4.85. The lowest BCUT2D eigenvalue weighted by Gasteiger charge is -2.13. The van der Waals surface area contributed by atoms with E-state index in [0.717, 1.165) is 22.5 Å². The number of carbonyl (C=O) groups excluding carboxylic acids is 2. The van der Waals surface area contributed by atoms with Gasteiger partial charge in [-0.25, -0.2) is 0 Å². The highest BCUT2D eigenvalue weighted by Crippen LogP contribution is 2.19. The quantitative estimate of drug-likeness (QED) is 0.793. The molecule has 2 rings (SSSR count). The topological polar surface area (TPSA) is 70.2 Å². The van der Waals surface area contributed by atoms with Crippen LogP contribution in [0.2, 0.25) is 0 Å². The van der Waals surface area contributed by atoms with Crippen molar-refractivity contribution in [2.45, 2.75) is 20.8 Å². The number of amides is 2. The number of aryl methyl sites for hydroxylation is 2. The fourth-order valence-electron chi connectivity index (χ4n) is 2.29. The molecular formula is C18H21N3O2. The van der Waals surface area contributed by atoms with Crippen LogP contribution < -0.4 is 16.0 Å². The van der Waals surface area contributed by atoms with E-state index in [1.165, 1.54) is 6.92 Å². The lowest BCUT2D eigenvalue weighted by Crippen LogP contribution is -2.22. The lowest BCUT2D eigenvalue weighted by molar-refractivity contribution is -0.115. The predicted molar refractivity (Wildman–Crippen MR) is 93.8 cm³/mol. The second-order valence-corrected chi connectivity index (χ2v) is 5.43. The molecule has 0 spiro atoms. The summed E-state index contributed by atoms with van der Waals surface area (Å²) in [6.07, 6.45) is 0. The van der Waals surface area contributed by atoms with Crippen LogP contribution in [0.15, 0.2) is 42.5 Å². The number of rotatable bonds is 5. The number of carbonyl (C=O) groups is 2. The van der Waals surface area contributed by atoms with E-state index in [1.807, 2.05) is 44.2 Å². The molecule has 3 N–H and O–H groups in total. The zero-order chi connectivity index (χ0) is 16.8. The molecule has 0 atom stereocenters. The zero-order valence-electron chi connectivity index (χ0n) is 13.6. The molecule has 0 heterocycles. The summed E-state index contributed by atoms with van der Waals surface area (Å²) in [7, 11) is 0. The first-order chi connectivity index (χ1) is 11.0. The molecule has 0 saturated heterocycles. The Balaban J connectivity index is 1.95. The van der Waals surface area contributed by atoms with Crippen molar-refractivity contribution < 1.29 is 9.59 Å². The third-order valence-electron chi connectivity index (χ3n) is 3.38. The van der Waals surface area contributed by atoms with Gasteiger partial charge in [0.15, 0.2) is 0 Å². The minimum atomic E-state index is -0.130. The Kier molecular flexibility index (Phi) is 5.36. The van der Waals surface area contributed by atoms with Gasteiger partial charge in [0.25, 0.3) is 0 Å². The summed E-state index contributed by atoms with van der Waals surface area (Å²) in [5.41, 5.74) is 4.38. The van der Waals surface area contributed by atoms with Crippen LogP contribution in [0.5, 0.6) is 0 Å². The molecule has 0 aliphatic rings. The molecule has 0 aliphatic heterocycles. The minimum Gasteiger partial charge on any atom is -0.376 e. The summed E-state index contributed by atoms with van der Waals surface area (Å²) >= 11 is 0. The van der Waals surface area contributed by atoms with Crippen LogP contribution in [-0.2, 0) is 9.59 Å². The van der Waals surface area contributed by atoms with Crippen molar-refractivity contribution in [3.8, 4) is 0 Å². The fraction of sp³-hybridized carbons (Fsp3) is 0.222. The van der Waals surface area contributed by atoms with Gasteiger partial charge in [-0.2, -0.15) is 0 Å². The van der Waals surface area contributed by atoms with Crippen LogP contribution in [0.1, 0.15) is 18.1 Å². The van der Waals surface area contributed by atoms with E-state index >= 15 is 0 Å². The van der Waals surface area contributed by atoms with Crippen LogP contribution in [0.25, 0.3) is 0 Å². The Morgan fingerprint density at radius 1 is 0.913 bits per heavy atom. The zero-order valence-corrected chi connectivity index (χ0v) is 13.6. The minimum absolute atomic E-state index is 0.118. The molecular weight excluding hydrogens is 290 g/mol. The van der Waals surface area contributed by atoms with E-state index in [0.29, 0.717) is 5.69 Å². The van der Waals surface area contributed by atoms with Crippen molar-refractivity contribution in [3.05, 3.63) is 53.6 Å². The van der Waals surface area contributed by atoms with E-state index in [4.69, 9.17) is 0 Å². The largest absolute Gasteiger partial charge is 0.376 e. The predicted octanol–water partition coefficient (Wildman–Crippen LogP) is 3.31. The molecule has 2 aromatic carbocycles. The monoisotopic (exact) mass is 311 g/mol. The molecule has 0 bridgehead atoms. The number of benzene rings is 2. The Bertz CT molecular complexity index is 706. The summed E-state index contributed by atoms with van der Waals surface area (Å²) in [6, 6.07) is 13.1. The second kappa shape index (κ2) is 7.45. The van der Waals surface area contributed by atoms with E-state index in [9.17, 15) is 9.59 Å². The molecule has 2 amide bonds. The summed E-state index contributed by atoms with van der Waals surface area (Å²) in [5.74, 6) is -0.248. The van der Waals surface area contributed by atoms with E-state index in [1.54, 1.807) is 12.1 Å². The highest BCUT2D eigenvalue weighted by molar-refractivity contribution is 5.95. The number of hydrogen-bond acceptors (Lipinski definition) is 3. The first kappa shape index (κ1) is 16.5. The number of nitrogens with one attached hydrogen (secondary N) is 3. The Labute approximate surface area is 136 Å². The van der Waals surface area contributed by atoms with Crippen molar-refractivity contribution in [2.75, 3.05) is 22.5 Å². The van der Waals surface area contributed by atoms with Gasteiger partial charge in [-0.15, -0.1) is 0 Å². The third-order valence-corrected chi connectivity index (χ3v) is 3.38. The Hall–Kier alpha value is -2.82. The molecule has 0 unspecified atom stereocenters. The van der Waals surface area contributed by atoms with Crippen molar-refractivity contribution >= 4 is 28.9 Å². The molecule has 23 heavy (non-hydrogen) atoms. The van der Waals surface area contributed by atoms with Crippen molar-refractivity contribution in [1.29, 1.82) is 0 Å². The van der Waals surface area contributed by atoms with Crippen LogP contribution in [-0.4, -0.2) is 18.4 Å². The average Bonchev–Trinajstić information content (AvgIpc) is 2.49. The first-order valence-corrected chi connectivity index (χ1v) is 7.43. The van der Waals surface area contributed by atoms with Gasteiger partial charge in [0, 0.05) is 24.0 Å². The lowest BCUT2D eigenvalue weighted by atomic mass is 10.1. The van der Waals surface area contributed by atoms with Crippen LogP contribution in [0.4, 0.5) is 17.1 Å². The van der Waals surface area contributed by atoms with Crippen molar-refractivity contribution in [3.63, 3.8) is 0 Å². The molecule has 5 heteroatoms. The highest BCUT2D eigenvalue weighted by atomic mass is 16.2. The smallest absolute Gasteiger partial charge is 0.243 e. The molecule has 120 valence electrons. The van der Waals surface area contributed by atoms with Gasteiger partial charge in [-0.05, 0) is 43.2 Å². The molecule has 0 saturated carbocycles. The molecule has 0 fully saturated rings. The molecule has 0 aromatic heterocycles. The summed E-state index contributed by atoms with van der Waals surface area (Å²) in [6.45, 7) is 5.54. The van der Waals surface area contributed by atoms with Gasteiger partial charge >= 0.3 is 0 Å². The normalized spacial score (nSPS) is 10.0.